The second-order valence-electron chi connectivity index (χ2n) is 6.49. The van der Waals surface area contributed by atoms with E-state index in [1.165, 1.54) is 12.1 Å². The second-order valence-corrected chi connectivity index (χ2v) is 8.97. The third-order valence-corrected chi connectivity index (χ3v) is 6.24. The molecule has 2 rings (SSSR count). The number of guanidine groups is 1. The number of sulfone groups is 1. The third kappa shape index (κ3) is 7.83. The minimum absolute atomic E-state index is 0. The number of anilines is 1. The highest BCUT2D eigenvalue weighted by atomic mass is 127. The number of nitrogens with zero attached hydrogens (tertiary/aromatic N) is 3. The molecule has 0 bridgehead atoms. The van der Waals surface area contributed by atoms with Crippen LogP contribution in [-0.4, -0.2) is 70.1 Å². The molecule has 0 atom stereocenters. The first-order valence-electron chi connectivity index (χ1n) is 9.32. The summed E-state index contributed by atoms with van der Waals surface area (Å²) in [6.45, 7) is 6.65. The maximum absolute atomic E-state index is 12.9. The molecule has 1 aliphatic heterocycles. The Labute approximate surface area is 187 Å². The second kappa shape index (κ2) is 11.2. The first-order chi connectivity index (χ1) is 13.2. The van der Waals surface area contributed by atoms with E-state index in [0.717, 1.165) is 6.07 Å². The van der Waals surface area contributed by atoms with Crippen molar-refractivity contribution in [2.75, 3.05) is 55.7 Å². The average molecular weight is 548 g/mol. The summed E-state index contributed by atoms with van der Waals surface area (Å²) in [5, 5.41) is 3.15. The Balaban J connectivity index is 0.00000420. The molecule has 1 saturated heterocycles. The predicted octanol–water partition coefficient (Wildman–Crippen LogP) is 2.85. The van der Waals surface area contributed by atoms with Crippen molar-refractivity contribution in [1.29, 1.82) is 0 Å². The molecule has 0 spiro atoms. The topological polar surface area (TPSA) is 65.0 Å². The normalized spacial score (nSPS) is 15.8. The summed E-state index contributed by atoms with van der Waals surface area (Å²) in [7, 11) is -3.08. The van der Waals surface area contributed by atoms with E-state index in [1.807, 2.05) is 16.7 Å². The van der Waals surface area contributed by atoms with E-state index in [1.54, 1.807) is 13.0 Å². The molecule has 1 fully saturated rings. The quantitative estimate of drug-likeness (QED) is 0.337. The molecule has 0 unspecified atom stereocenters. The Hall–Kier alpha value is -1.24. The monoisotopic (exact) mass is 548 g/mol. The van der Waals surface area contributed by atoms with E-state index in [-0.39, 0.29) is 42.0 Å². The predicted molar refractivity (Wildman–Crippen MR) is 121 cm³/mol. The van der Waals surface area contributed by atoms with E-state index in [2.05, 4.69) is 10.3 Å². The van der Waals surface area contributed by atoms with Crippen molar-refractivity contribution in [2.45, 2.75) is 20.0 Å². The van der Waals surface area contributed by atoms with Crippen LogP contribution in [0.3, 0.4) is 0 Å². The molecular formula is C18H28F3IN4O2S. The number of hydrogen-bond acceptors (Lipinski definition) is 4. The number of aliphatic imine (C=N–C) groups is 1. The minimum atomic E-state index is -4.36. The lowest BCUT2D eigenvalue weighted by atomic mass is 10.1. The fourth-order valence-electron chi connectivity index (χ4n) is 2.92. The van der Waals surface area contributed by atoms with Gasteiger partial charge < -0.3 is 15.1 Å². The summed E-state index contributed by atoms with van der Waals surface area (Å²) in [6, 6.07) is 5.34. The van der Waals surface area contributed by atoms with Gasteiger partial charge in [-0.2, -0.15) is 13.2 Å². The Morgan fingerprint density at radius 1 is 1.17 bits per heavy atom. The van der Waals surface area contributed by atoms with Gasteiger partial charge in [-0.15, -0.1) is 24.0 Å². The number of alkyl halides is 3. The zero-order valence-corrected chi connectivity index (χ0v) is 19.7. The van der Waals surface area contributed by atoms with Crippen LogP contribution in [0.4, 0.5) is 18.9 Å². The first-order valence-corrected chi connectivity index (χ1v) is 11.1. The van der Waals surface area contributed by atoms with Crippen molar-refractivity contribution < 1.29 is 21.6 Å². The Morgan fingerprint density at radius 2 is 1.83 bits per heavy atom. The highest BCUT2D eigenvalue weighted by Gasteiger charge is 2.31. The van der Waals surface area contributed by atoms with Gasteiger partial charge in [-0.05, 0) is 25.1 Å². The van der Waals surface area contributed by atoms with Crippen LogP contribution < -0.4 is 10.2 Å². The zero-order valence-electron chi connectivity index (χ0n) is 16.6. The van der Waals surface area contributed by atoms with Gasteiger partial charge in [-0.1, -0.05) is 13.0 Å². The van der Waals surface area contributed by atoms with Gasteiger partial charge in [0.2, 0.25) is 0 Å². The number of nitrogens with one attached hydrogen (secondary N) is 1. The van der Waals surface area contributed by atoms with Gasteiger partial charge >= 0.3 is 6.18 Å². The lowest BCUT2D eigenvalue weighted by molar-refractivity contribution is -0.137. The molecule has 29 heavy (non-hydrogen) atoms. The molecule has 1 aliphatic rings. The Kier molecular flexibility index (Phi) is 9.99. The van der Waals surface area contributed by atoms with Crippen molar-refractivity contribution in [3.63, 3.8) is 0 Å². The van der Waals surface area contributed by atoms with Crippen LogP contribution in [0.25, 0.3) is 0 Å². The van der Waals surface area contributed by atoms with Crippen molar-refractivity contribution in [2.24, 2.45) is 4.99 Å². The maximum atomic E-state index is 12.9. The number of hydrogen-bond donors (Lipinski definition) is 1. The highest BCUT2D eigenvalue weighted by molar-refractivity contribution is 14.0. The smallest absolute Gasteiger partial charge is 0.368 e. The fraction of sp³-hybridized carbons (Fsp3) is 0.611. The number of rotatable bonds is 6. The Morgan fingerprint density at radius 3 is 2.38 bits per heavy atom. The van der Waals surface area contributed by atoms with Crippen LogP contribution in [0, 0.1) is 0 Å². The lowest BCUT2D eigenvalue weighted by Gasteiger charge is -2.38. The van der Waals surface area contributed by atoms with Crippen molar-refractivity contribution >= 4 is 45.5 Å². The molecular weight excluding hydrogens is 520 g/mol. The molecule has 1 heterocycles. The van der Waals surface area contributed by atoms with Crippen molar-refractivity contribution in [3.05, 3.63) is 29.8 Å². The SMILES string of the molecule is CCNC(=NCCS(=O)(=O)CC)N1CCN(c2cccc(C(F)(F)F)c2)CC1.I. The molecule has 0 aliphatic carbocycles. The van der Waals surface area contributed by atoms with Gasteiger partial charge in [0.1, 0.15) is 0 Å². The van der Waals surface area contributed by atoms with Gasteiger partial charge in [-0.25, -0.2) is 8.42 Å². The van der Waals surface area contributed by atoms with Crippen LogP contribution in [0.15, 0.2) is 29.3 Å². The van der Waals surface area contributed by atoms with Crippen LogP contribution in [0.5, 0.6) is 0 Å². The summed E-state index contributed by atoms with van der Waals surface area (Å²) >= 11 is 0. The maximum Gasteiger partial charge on any atom is 0.416 e. The van der Waals surface area contributed by atoms with Gasteiger partial charge in [0, 0.05) is 44.2 Å². The highest BCUT2D eigenvalue weighted by Crippen LogP contribution is 2.31. The van der Waals surface area contributed by atoms with Crippen LogP contribution in [0.2, 0.25) is 0 Å². The van der Waals surface area contributed by atoms with E-state index >= 15 is 0 Å². The summed E-state index contributed by atoms with van der Waals surface area (Å²) in [5.41, 5.74) is -0.107. The molecule has 1 N–H and O–H groups in total. The molecule has 166 valence electrons. The molecule has 6 nitrogen and oxygen atoms in total. The molecule has 0 amide bonds. The van der Waals surface area contributed by atoms with Crippen LogP contribution in [-0.2, 0) is 16.0 Å². The molecule has 0 aromatic heterocycles. The van der Waals surface area contributed by atoms with Crippen LogP contribution >= 0.6 is 24.0 Å². The summed E-state index contributed by atoms with van der Waals surface area (Å²) in [6.07, 6.45) is -4.36. The Bertz CT molecular complexity index is 780. The molecule has 0 saturated carbocycles. The number of piperazine rings is 1. The summed E-state index contributed by atoms with van der Waals surface area (Å²) in [5.74, 6) is 0.731. The molecule has 1 aromatic carbocycles. The average Bonchev–Trinajstić information content (AvgIpc) is 2.67. The van der Waals surface area contributed by atoms with E-state index in [9.17, 15) is 21.6 Å². The van der Waals surface area contributed by atoms with Gasteiger partial charge in [0.25, 0.3) is 0 Å². The third-order valence-electron chi connectivity index (χ3n) is 4.56. The molecule has 11 heteroatoms. The summed E-state index contributed by atoms with van der Waals surface area (Å²) < 4.78 is 62.0. The zero-order chi connectivity index (χ0) is 20.8. The minimum Gasteiger partial charge on any atom is -0.368 e. The largest absolute Gasteiger partial charge is 0.416 e. The van der Waals surface area contributed by atoms with Crippen LogP contribution in [0.1, 0.15) is 19.4 Å². The standard InChI is InChI=1S/C18H27F3N4O2S.HI/c1-3-22-17(23-8-13-28(26,27)4-2)25-11-9-24(10-12-25)16-7-5-6-15(14-16)18(19,20)21;/h5-7,14H,3-4,8-13H2,1-2H3,(H,22,23);1H. The van der Waals surface area contributed by atoms with Gasteiger partial charge in [-0.3, -0.25) is 4.99 Å². The van der Waals surface area contributed by atoms with E-state index in [4.69, 9.17) is 0 Å². The molecule has 1 aromatic rings. The first kappa shape index (κ1) is 25.8. The number of benzene rings is 1. The van der Waals surface area contributed by atoms with Crippen molar-refractivity contribution in [3.8, 4) is 0 Å². The fourth-order valence-corrected chi connectivity index (χ4v) is 3.57. The van der Waals surface area contributed by atoms with E-state index in [0.29, 0.717) is 44.4 Å². The van der Waals surface area contributed by atoms with Gasteiger partial charge in [0.15, 0.2) is 15.8 Å². The lowest BCUT2D eigenvalue weighted by Crippen LogP contribution is -2.52. The van der Waals surface area contributed by atoms with Crippen molar-refractivity contribution in [1.82, 2.24) is 10.2 Å². The molecule has 0 radical (unpaired) electrons. The number of halogens is 4. The summed E-state index contributed by atoms with van der Waals surface area (Å²) in [4.78, 5) is 8.32. The van der Waals surface area contributed by atoms with E-state index < -0.39 is 21.6 Å². The van der Waals surface area contributed by atoms with Gasteiger partial charge in [0.05, 0.1) is 17.9 Å².